The third-order valence-corrected chi connectivity index (χ3v) is 5.23. The standard InChI is InChI=1S/C22H20ClN3O/c23-19-10-8-16(9-11-19)18-5-3-13-26(15-18)21-7-1-6-20(25-21)22(27)17-4-2-12-24-14-17/h1-2,4,6-12,14,18H,3,5,13,15H2. The van der Waals surface area contributed by atoms with Crippen molar-refractivity contribution in [1.82, 2.24) is 9.97 Å². The Morgan fingerprint density at radius 1 is 1.07 bits per heavy atom. The third kappa shape index (κ3) is 4.01. The van der Waals surface area contributed by atoms with Crippen molar-refractivity contribution >= 4 is 23.2 Å². The molecule has 1 atom stereocenters. The van der Waals surface area contributed by atoms with Gasteiger partial charge in [-0.05, 0) is 54.8 Å². The molecule has 0 spiro atoms. The number of piperidine rings is 1. The maximum absolute atomic E-state index is 12.7. The first-order valence-electron chi connectivity index (χ1n) is 9.13. The highest BCUT2D eigenvalue weighted by Crippen LogP contribution is 2.30. The van der Waals surface area contributed by atoms with E-state index in [-0.39, 0.29) is 5.78 Å². The molecular formula is C22H20ClN3O. The molecule has 0 saturated carbocycles. The molecule has 0 amide bonds. The fourth-order valence-corrected chi connectivity index (χ4v) is 3.69. The molecule has 1 saturated heterocycles. The minimum atomic E-state index is -0.101. The predicted octanol–water partition coefficient (Wildman–Crippen LogP) is 4.75. The molecule has 136 valence electrons. The van der Waals surface area contributed by atoms with Crippen LogP contribution in [0, 0.1) is 0 Å². The van der Waals surface area contributed by atoms with E-state index >= 15 is 0 Å². The normalized spacial score (nSPS) is 16.9. The molecule has 0 bridgehead atoms. The van der Waals surface area contributed by atoms with Crippen LogP contribution >= 0.6 is 11.6 Å². The Morgan fingerprint density at radius 3 is 2.70 bits per heavy atom. The van der Waals surface area contributed by atoms with Gasteiger partial charge < -0.3 is 4.90 Å². The first-order chi connectivity index (χ1) is 13.2. The summed E-state index contributed by atoms with van der Waals surface area (Å²) in [7, 11) is 0. The van der Waals surface area contributed by atoms with Gasteiger partial charge in [0, 0.05) is 42.0 Å². The zero-order chi connectivity index (χ0) is 18.6. The van der Waals surface area contributed by atoms with Gasteiger partial charge in [-0.3, -0.25) is 9.78 Å². The Bertz CT molecular complexity index is 928. The fourth-order valence-electron chi connectivity index (χ4n) is 3.56. The molecular weight excluding hydrogens is 358 g/mol. The van der Waals surface area contributed by atoms with Crippen molar-refractivity contribution in [1.29, 1.82) is 0 Å². The minimum absolute atomic E-state index is 0.101. The van der Waals surface area contributed by atoms with Crippen LogP contribution < -0.4 is 4.90 Å². The van der Waals surface area contributed by atoms with Crippen LogP contribution in [0.5, 0.6) is 0 Å². The van der Waals surface area contributed by atoms with Gasteiger partial charge in [-0.1, -0.05) is 29.8 Å². The van der Waals surface area contributed by atoms with Crippen LogP contribution in [-0.4, -0.2) is 28.8 Å². The van der Waals surface area contributed by atoms with Gasteiger partial charge in [-0.25, -0.2) is 4.98 Å². The quantitative estimate of drug-likeness (QED) is 0.616. The van der Waals surface area contributed by atoms with E-state index in [0.717, 1.165) is 36.8 Å². The van der Waals surface area contributed by atoms with Crippen molar-refractivity contribution < 1.29 is 4.79 Å². The van der Waals surface area contributed by atoms with E-state index < -0.39 is 0 Å². The highest BCUT2D eigenvalue weighted by molar-refractivity contribution is 6.30. The average Bonchev–Trinajstić information content (AvgIpc) is 2.74. The molecule has 1 aliphatic heterocycles. The lowest BCUT2D eigenvalue weighted by Gasteiger charge is -2.34. The van der Waals surface area contributed by atoms with E-state index in [0.29, 0.717) is 17.2 Å². The summed E-state index contributed by atoms with van der Waals surface area (Å²) in [6.45, 7) is 1.83. The first-order valence-corrected chi connectivity index (χ1v) is 9.51. The van der Waals surface area contributed by atoms with Gasteiger partial charge in [0.05, 0.1) is 0 Å². The highest BCUT2D eigenvalue weighted by atomic mass is 35.5. The summed E-state index contributed by atoms with van der Waals surface area (Å²) in [5.41, 5.74) is 2.31. The molecule has 4 nitrogen and oxygen atoms in total. The monoisotopic (exact) mass is 377 g/mol. The van der Waals surface area contributed by atoms with Crippen molar-refractivity contribution in [3.8, 4) is 0 Å². The predicted molar refractivity (Wildman–Crippen MR) is 108 cm³/mol. The van der Waals surface area contributed by atoms with Gasteiger partial charge in [0.25, 0.3) is 0 Å². The number of carbonyl (C=O) groups excluding carboxylic acids is 1. The van der Waals surface area contributed by atoms with E-state index in [1.165, 1.54) is 5.56 Å². The maximum atomic E-state index is 12.7. The zero-order valence-corrected chi connectivity index (χ0v) is 15.6. The minimum Gasteiger partial charge on any atom is -0.356 e. The topological polar surface area (TPSA) is 46.1 Å². The molecule has 3 heterocycles. The first kappa shape index (κ1) is 17.7. The second-order valence-electron chi connectivity index (χ2n) is 6.79. The van der Waals surface area contributed by atoms with Crippen molar-refractivity contribution in [3.05, 3.63) is 88.8 Å². The van der Waals surface area contributed by atoms with Gasteiger partial charge in [-0.15, -0.1) is 0 Å². The molecule has 1 aromatic carbocycles. The van der Waals surface area contributed by atoms with E-state index in [1.807, 2.05) is 24.3 Å². The van der Waals surface area contributed by atoms with Crippen LogP contribution in [0.3, 0.4) is 0 Å². The van der Waals surface area contributed by atoms with Gasteiger partial charge in [0.1, 0.15) is 11.5 Å². The van der Waals surface area contributed by atoms with E-state index in [9.17, 15) is 4.79 Å². The molecule has 1 aliphatic rings. The number of nitrogens with zero attached hydrogens (tertiary/aromatic N) is 3. The van der Waals surface area contributed by atoms with Crippen molar-refractivity contribution in [3.63, 3.8) is 0 Å². The largest absolute Gasteiger partial charge is 0.356 e. The summed E-state index contributed by atoms with van der Waals surface area (Å²) in [5.74, 6) is 1.19. The number of hydrogen-bond acceptors (Lipinski definition) is 4. The van der Waals surface area contributed by atoms with E-state index in [4.69, 9.17) is 11.6 Å². The summed E-state index contributed by atoms with van der Waals surface area (Å²) in [6.07, 6.45) is 5.47. The number of benzene rings is 1. The smallest absolute Gasteiger partial charge is 0.212 e. The lowest BCUT2D eigenvalue weighted by atomic mass is 9.90. The Kier molecular flexibility index (Phi) is 5.16. The fraction of sp³-hybridized carbons (Fsp3) is 0.227. The molecule has 0 N–H and O–H groups in total. The molecule has 27 heavy (non-hydrogen) atoms. The molecule has 5 heteroatoms. The second-order valence-corrected chi connectivity index (χ2v) is 7.23. The molecule has 1 fully saturated rings. The van der Waals surface area contributed by atoms with Crippen LogP contribution in [-0.2, 0) is 0 Å². The summed E-state index contributed by atoms with van der Waals surface area (Å²) >= 11 is 6.02. The van der Waals surface area contributed by atoms with E-state index in [1.54, 1.807) is 30.6 Å². The number of rotatable bonds is 4. The van der Waals surface area contributed by atoms with Gasteiger partial charge in [0.15, 0.2) is 0 Å². The van der Waals surface area contributed by atoms with Crippen LogP contribution in [0.25, 0.3) is 0 Å². The van der Waals surface area contributed by atoms with Crippen LogP contribution in [0.4, 0.5) is 5.82 Å². The lowest BCUT2D eigenvalue weighted by molar-refractivity contribution is 0.103. The molecule has 0 radical (unpaired) electrons. The number of halogens is 1. The summed E-state index contributed by atoms with van der Waals surface area (Å²) in [5, 5.41) is 0.759. The molecule has 1 unspecified atom stereocenters. The molecule has 4 rings (SSSR count). The Balaban J connectivity index is 1.54. The lowest BCUT2D eigenvalue weighted by Crippen LogP contribution is -2.35. The zero-order valence-electron chi connectivity index (χ0n) is 14.9. The van der Waals surface area contributed by atoms with Crippen LogP contribution in [0.1, 0.15) is 40.4 Å². The summed E-state index contributed by atoms with van der Waals surface area (Å²) < 4.78 is 0. The van der Waals surface area contributed by atoms with Crippen molar-refractivity contribution in [2.75, 3.05) is 18.0 Å². The van der Waals surface area contributed by atoms with Gasteiger partial charge in [0.2, 0.25) is 5.78 Å². The van der Waals surface area contributed by atoms with Gasteiger partial charge in [-0.2, -0.15) is 0 Å². The van der Waals surface area contributed by atoms with E-state index in [2.05, 4.69) is 27.0 Å². The van der Waals surface area contributed by atoms with Crippen molar-refractivity contribution in [2.45, 2.75) is 18.8 Å². The molecule has 2 aromatic heterocycles. The number of pyridine rings is 2. The van der Waals surface area contributed by atoms with Crippen LogP contribution in [0.15, 0.2) is 67.0 Å². The third-order valence-electron chi connectivity index (χ3n) is 4.98. The number of hydrogen-bond donors (Lipinski definition) is 0. The highest BCUT2D eigenvalue weighted by Gasteiger charge is 2.23. The average molecular weight is 378 g/mol. The number of carbonyl (C=O) groups is 1. The van der Waals surface area contributed by atoms with Crippen LogP contribution in [0.2, 0.25) is 5.02 Å². The van der Waals surface area contributed by atoms with Crippen molar-refractivity contribution in [2.24, 2.45) is 0 Å². The SMILES string of the molecule is O=C(c1cccnc1)c1cccc(N2CCCC(c3ccc(Cl)cc3)C2)n1. The number of anilines is 1. The molecule has 0 aliphatic carbocycles. The Hall–Kier alpha value is -2.72. The summed E-state index contributed by atoms with van der Waals surface area (Å²) in [4.78, 5) is 23.6. The molecule has 3 aromatic rings. The van der Waals surface area contributed by atoms with Gasteiger partial charge >= 0.3 is 0 Å². The number of ketones is 1. The summed E-state index contributed by atoms with van der Waals surface area (Å²) in [6, 6.07) is 17.3. The maximum Gasteiger partial charge on any atom is 0.212 e. The number of aromatic nitrogens is 2. The second kappa shape index (κ2) is 7.89. The Morgan fingerprint density at radius 2 is 1.93 bits per heavy atom. The Labute approximate surface area is 163 Å².